The molecule has 2 aromatic heterocycles. The Balaban J connectivity index is 1.41. The van der Waals surface area contributed by atoms with Crippen molar-refractivity contribution in [3.63, 3.8) is 0 Å². The Bertz CT molecular complexity index is 1470. The predicted octanol–water partition coefficient (Wildman–Crippen LogP) is 4.92. The van der Waals surface area contributed by atoms with Crippen LogP contribution < -0.4 is 5.32 Å². The number of hydrogen-bond donors (Lipinski definition) is 2. The highest BCUT2D eigenvalue weighted by molar-refractivity contribution is 6.07. The number of fused-ring (bicyclic) bond motifs is 1. The molecule has 0 unspecified atom stereocenters. The zero-order valence-electron chi connectivity index (χ0n) is 18.1. The molecule has 2 heterocycles. The van der Waals surface area contributed by atoms with Crippen molar-refractivity contribution in [3.8, 4) is 11.3 Å². The molecule has 0 saturated heterocycles. The zero-order chi connectivity index (χ0) is 23.5. The smallest absolute Gasteiger partial charge is 0.270 e. The third kappa shape index (κ3) is 4.29. The molecule has 0 aliphatic carbocycles. The van der Waals surface area contributed by atoms with Gasteiger partial charge in [0.15, 0.2) is 0 Å². The van der Waals surface area contributed by atoms with Crippen LogP contribution in [0.1, 0.15) is 21.5 Å². The number of nitrogens with one attached hydrogen (secondary N) is 2. The van der Waals surface area contributed by atoms with Gasteiger partial charge in [-0.2, -0.15) is 5.10 Å². The van der Waals surface area contributed by atoms with Gasteiger partial charge in [-0.15, -0.1) is 0 Å². The van der Waals surface area contributed by atoms with E-state index in [9.17, 15) is 14.9 Å². The van der Waals surface area contributed by atoms with Gasteiger partial charge in [0.1, 0.15) is 0 Å². The summed E-state index contributed by atoms with van der Waals surface area (Å²) in [4.78, 5) is 26.7. The van der Waals surface area contributed by atoms with Crippen LogP contribution >= 0.6 is 0 Å². The molecule has 5 rings (SSSR count). The van der Waals surface area contributed by atoms with Gasteiger partial charge in [-0.25, -0.2) is 0 Å². The second-order valence-electron chi connectivity index (χ2n) is 7.92. The van der Waals surface area contributed by atoms with Crippen molar-refractivity contribution in [2.75, 3.05) is 0 Å². The molecule has 5 aromatic rings. The predicted molar refractivity (Wildman–Crippen MR) is 129 cm³/mol. The van der Waals surface area contributed by atoms with Crippen molar-refractivity contribution in [1.82, 2.24) is 20.1 Å². The maximum Gasteiger partial charge on any atom is 0.270 e. The van der Waals surface area contributed by atoms with E-state index in [-0.39, 0.29) is 18.1 Å². The van der Waals surface area contributed by atoms with Gasteiger partial charge < -0.3 is 10.3 Å². The number of amides is 1. The molecule has 0 aliphatic heterocycles. The van der Waals surface area contributed by atoms with Crippen molar-refractivity contribution < 1.29 is 9.72 Å². The number of aromatic amines is 1. The number of hydrogen-bond acceptors (Lipinski definition) is 4. The van der Waals surface area contributed by atoms with Crippen molar-refractivity contribution in [2.45, 2.75) is 13.1 Å². The van der Waals surface area contributed by atoms with E-state index in [0.717, 1.165) is 22.4 Å². The van der Waals surface area contributed by atoms with E-state index in [1.165, 1.54) is 12.1 Å². The third-order valence-electron chi connectivity index (χ3n) is 5.63. The Morgan fingerprint density at radius 3 is 2.50 bits per heavy atom. The summed E-state index contributed by atoms with van der Waals surface area (Å²) in [6.07, 6.45) is 3.51. The van der Waals surface area contributed by atoms with Gasteiger partial charge in [0, 0.05) is 53.1 Å². The summed E-state index contributed by atoms with van der Waals surface area (Å²) < 4.78 is 1.87. The second-order valence-corrected chi connectivity index (χ2v) is 7.92. The normalized spacial score (nSPS) is 10.9. The fourth-order valence-corrected chi connectivity index (χ4v) is 3.96. The summed E-state index contributed by atoms with van der Waals surface area (Å²) in [5.74, 6) is -0.318. The van der Waals surface area contributed by atoms with Crippen LogP contribution in [0.3, 0.4) is 0 Å². The van der Waals surface area contributed by atoms with Gasteiger partial charge in [0.25, 0.3) is 11.6 Å². The van der Waals surface area contributed by atoms with Crippen LogP contribution in [0.5, 0.6) is 0 Å². The number of carbonyl (C=O) groups excluding carboxylic acids is 1. The standard InChI is InChI=1S/C26H21N5O3/c32-26(23-15-27-24-12-11-21(31(33)34)13-22(23)24)28-14-20-17-30(16-18-7-3-1-4-8-18)29-25(20)19-9-5-2-6-10-19/h1-13,15,17,27H,14,16H2,(H,28,32). The lowest BCUT2D eigenvalue weighted by molar-refractivity contribution is -0.384. The molecule has 0 spiro atoms. The lowest BCUT2D eigenvalue weighted by atomic mass is 10.1. The molecule has 0 fully saturated rings. The molecule has 34 heavy (non-hydrogen) atoms. The van der Waals surface area contributed by atoms with Crippen LogP contribution in [-0.4, -0.2) is 25.6 Å². The van der Waals surface area contributed by atoms with E-state index in [4.69, 9.17) is 5.10 Å². The molecular weight excluding hydrogens is 430 g/mol. The second kappa shape index (κ2) is 9.03. The summed E-state index contributed by atoms with van der Waals surface area (Å²) in [6, 6.07) is 24.3. The van der Waals surface area contributed by atoms with Crippen molar-refractivity contribution in [2.24, 2.45) is 0 Å². The van der Waals surface area contributed by atoms with E-state index in [1.54, 1.807) is 12.3 Å². The highest BCUT2D eigenvalue weighted by Crippen LogP contribution is 2.25. The largest absolute Gasteiger partial charge is 0.360 e. The first kappa shape index (κ1) is 21.1. The van der Waals surface area contributed by atoms with Gasteiger partial charge in [0.2, 0.25) is 0 Å². The average Bonchev–Trinajstić information content (AvgIpc) is 3.47. The molecule has 0 aliphatic rings. The minimum Gasteiger partial charge on any atom is -0.360 e. The van der Waals surface area contributed by atoms with E-state index < -0.39 is 4.92 Å². The van der Waals surface area contributed by atoms with Crippen molar-refractivity contribution in [1.29, 1.82) is 0 Å². The first-order valence-electron chi connectivity index (χ1n) is 10.8. The van der Waals surface area contributed by atoms with Crippen LogP contribution in [0.25, 0.3) is 22.2 Å². The quantitative estimate of drug-likeness (QED) is 0.271. The summed E-state index contributed by atoms with van der Waals surface area (Å²) >= 11 is 0. The first-order chi connectivity index (χ1) is 16.6. The summed E-state index contributed by atoms with van der Waals surface area (Å²) in [5, 5.41) is 19.4. The highest BCUT2D eigenvalue weighted by atomic mass is 16.6. The number of nitro groups is 1. The molecule has 0 saturated carbocycles. The SMILES string of the molecule is O=C(NCc1cn(Cc2ccccc2)nc1-c1ccccc1)c1c[nH]c2ccc([N+](=O)[O-])cc12. The minimum atomic E-state index is -0.471. The van der Waals surface area contributed by atoms with E-state index in [2.05, 4.69) is 10.3 Å². The monoisotopic (exact) mass is 451 g/mol. The molecule has 3 aromatic carbocycles. The number of non-ortho nitro benzene ring substituents is 1. The molecular formula is C26H21N5O3. The van der Waals surface area contributed by atoms with E-state index in [1.807, 2.05) is 71.5 Å². The Morgan fingerprint density at radius 2 is 1.76 bits per heavy atom. The van der Waals surface area contributed by atoms with Gasteiger partial charge in [-0.05, 0) is 11.6 Å². The number of nitrogens with zero attached hydrogens (tertiary/aromatic N) is 3. The van der Waals surface area contributed by atoms with Crippen molar-refractivity contribution >= 4 is 22.5 Å². The van der Waals surface area contributed by atoms with Crippen LogP contribution in [0.15, 0.2) is 91.3 Å². The lowest BCUT2D eigenvalue weighted by Crippen LogP contribution is -2.22. The molecule has 1 amide bonds. The summed E-state index contributed by atoms with van der Waals surface area (Å²) in [7, 11) is 0. The average molecular weight is 451 g/mol. The molecule has 0 bridgehead atoms. The summed E-state index contributed by atoms with van der Waals surface area (Å²) in [5.41, 5.74) is 4.72. The zero-order valence-corrected chi connectivity index (χ0v) is 18.1. The molecule has 0 atom stereocenters. The van der Waals surface area contributed by atoms with Crippen molar-refractivity contribution in [3.05, 3.63) is 118 Å². The fourth-order valence-electron chi connectivity index (χ4n) is 3.96. The van der Waals surface area contributed by atoms with Crippen LogP contribution in [0, 0.1) is 10.1 Å². The highest BCUT2D eigenvalue weighted by Gasteiger charge is 2.17. The molecule has 168 valence electrons. The number of rotatable bonds is 7. The summed E-state index contributed by atoms with van der Waals surface area (Å²) in [6.45, 7) is 0.875. The molecule has 2 N–H and O–H groups in total. The Kier molecular flexibility index (Phi) is 5.61. The first-order valence-corrected chi connectivity index (χ1v) is 10.8. The lowest BCUT2D eigenvalue weighted by Gasteiger charge is -2.05. The van der Waals surface area contributed by atoms with Crippen LogP contribution in [-0.2, 0) is 13.1 Å². The number of benzene rings is 3. The molecule has 8 heteroatoms. The number of H-pyrrole nitrogens is 1. The minimum absolute atomic E-state index is 0.0605. The van der Waals surface area contributed by atoms with Crippen LogP contribution in [0.4, 0.5) is 5.69 Å². The van der Waals surface area contributed by atoms with Gasteiger partial charge in [-0.1, -0.05) is 60.7 Å². The molecule has 0 radical (unpaired) electrons. The Morgan fingerprint density at radius 1 is 1.03 bits per heavy atom. The fraction of sp³-hybridized carbons (Fsp3) is 0.0769. The van der Waals surface area contributed by atoms with E-state index >= 15 is 0 Å². The topological polar surface area (TPSA) is 106 Å². The maximum absolute atomic E-state index is 13.0. The molecule has 8 nitrogen and oxygen atoms in total. The van der Waals surface area contributed by atoms with Gasteiger partial charge in [-0.3, -0.25) is 19.6 Å². The third-order valence-corrected chi connectivity index (χ3v) is 5.63. The maximum atomic E-state index is 13.0. The van der Waals surface area contributed by atoms with E-state index in [0.29, 0.717) is 23.0 Å². The number of nitro benzene ring substituents is 1. The van der Waals surface area contributed by atoms with Gasteiger partial charge >= 0.3 is 0 Å². The number of carbonyl (C=O) groups is 1. The number of aromatic nitrogens is 3. The van der Waals surface area contributed by atoms with Gasteiger partial charge in [0.05, 0.1) is 22.7 Å². The Hall–Kier alpha value is -4.72. The van der Waals surface area contributed by atoms with Crippen LogP contribution in [0.2, 0.25) is 0 Å². The Labute approximate surface area is 195 Å².